The highest BCUT2D eigenvalue weighted by Crippen LogP contribution is 2.28. The smallest absolute Gasteiger partial charge is 0.222 e. The fourth-order valence-corrected chi connectivity index (χ4v) is 1.63. The van der Waals surface area contributed by atoms with Crippen molar-refractivity contribution in [3.63, 3.8) is 0 Å². The predicted molar refractivity (Wildman–Crippen MR) is 59.2 cm³/mol. The Morgan fingerprint density at radius 3 is 3.07 bits per heavy atom. The van der Waals surface area contributed by atoms with Crippen LogP contribution in [0, 0.1) is 18.3 Å². The van der Waals surface area contributed by atoms with Crippen LogP contribution < -0.4 is 10.7 Å². The summed E-state index contributed by atoms with van der Waals surface area (Å²) in [6.07, 6.45) is 0. The van der Waals surface area contributed by atoms with Gasteiger partial charge in [0.1, 0.15) is 0 Å². The van der Waals surface area contributed by atoms with Gasteiger partial charge in [-0.2, -0.15) is 15.3 Å². The van der Waals surface area contributed by atoms with Crippen LogP contribution in [0.5, 0.6) is 0 Å². The molecule has 0 unspecified atom stereocenters. The van der Waals surface area contributed by atoms with Gasteiger partial charge in [-0.05, 0) is 6.92 Å². The summed E-state index contributed by atoms with van der Waals surface area (Å²) in [5.74, 6) is 1.27. The second kappa shape index (κ2) is 3.74. The molecule has 6 nitrogen and oxygen atoms in total. The van der Waals surface area contributed by atoms with Gasteiger partial charge in [0.25, 0.3) is 0 Å². The monoisotopic (exact) mass is 220 g/mol. The van der Waals surface area contributed by atoms with E-state index in [1.807, 2.05) is 13.0 Å². The summed E-state index contributed by atoms with van der Waals surface area (Å²) in [5.41, 5.74) is 6.31. The van der Waals surface area contributed by atoms with Crippen LogP contribution in [-0.2, 0) is 0 Å². The summed E-state index contributed by atoms with van der Waals surface area (Å²) in [6, 6.07) is 3.82. The number of nitrogens with zero attached hydrogens (tertiary/aromatic N) is 5. The van der Waals surface area contributed by atoms with Gasteiger partial charge in [0.2, 0.25) is 11.1 Å². The molecule has 0 fully saturated rings. The molecule has 0 atom stereocenters. The van der Waals surface area contributed by atoms with E-state index < -0.39 is 0 Å². The molecule has 1 aliphatic rings. The van der Waals surface area contributed by atoms with Crippen molar-refractivity contribution in [1.82, 2.24) is 9.97 Å². The first-order valence-corrected chi connectivity index (χ1v) is 5.19. The Bertz CT molecular complexity index is 442. The number of rotatable bonds is 2. The molecule has 0 spiro atoms. The molecule has 2 N–H and O–H groups in total. The molecule has 2 heterocycles. The Morgan fingerprint density at radius 2 is 2.40 bits per heavy atom. The molecule has 0 amide bonds. The average molecular weight is 220 g/mol. The van der Waals surface area contributed by atoms with Crippen LogP contribution in [0.3, 0.4) is 0 Å². The van der Waals surface area contributed by atoms with Crippen molar-refractivity contribution < 1.29 is 0 Å². The summed E-state index contributed by atoms with van der Waals surface area (Å²) in [7, 11) is 0. The fourth-order valence-electron chi connectivity index (χ4n) is 1.08. The SMILES string of the molecule is Cc1cc(N2N=C2SCC#N)nc(N)n1. The Kier molecular flexibility index (Phi) is 2.43. The zero-order valence-corrected chi connectivity index (χ0v) is 8.82. The van der Waals surface area contributed by atoms with Gasteiger partial charge >= 0.3 is 0 Å². The van der Waals surface area contributed by atoms with Gasteiger partial charge in [0.15, 0.2) is 5.82 Å². The number of nitrogens with two attached hydrogens (primary N) is 1. The van der Waals surface area contributed by atoms with Gasteiger partial charge in [0.05, 0.1) is 11.8 Å². The van der Waals surface area contributed by atoms with E-state index in [0.717, 1.165) is 10.9 Å². The largest absolute Gasteiger partial charge is 0.368 e. The molecule has 15 heavy (non-hydrogen) atoms. The fraction of sp³-hybridized carbons (Fsp3) is 0.250. The summed E-state index contributed by atoms with van der Waals surface area (Å²) in [5, 5.41) is 14.9. The van der Waals surface area contributed by atoms with Crippen LogP contribution in [0.25, 0.3) is 0 Å². The lowest BCUT2D eigenvalue weighted by atomic mass is 10.4. The van der Waals surface area contributed by atoms with E-state index >= 15 is 0 Å². The molecular formula is C8H8N6S. The third-order valence-electron chi connectivity index (χ3n) is 1.67. The molecule has 0 radical (unpaired) electrons. The van der Waals surface area contributed by atoms with E-state index in [1.54, 1.807) is 11.1 Å². The minimum absolute atomic E-state index is 0.233. The first-order chi connectivity index (χ1) is 7.20. The summed E-state index contributed by atoms with van der Waals surface area (Å²) in [4.78, 5) is 8.00. The van der Waals surface area contributed by atoms with Crippen LogP contribution in [0.15, 0.2) is 11.2 Å². The molecular weight excluding hydrogens is 212 g/mol. The van der Waals surface area contributed by atoms with Gasteiger partial charge < -0.3 is 5.73 Å². The molecule has 2 rings (SSSR count). The van der Waals surface area contributed by atoms with Crippen LogP contribution in [0.1, 0.15) is 5.69 Å². The van der Waals surface area contributed by atoms with Gasteiger partial charge in [-0.3, -0.25) is 0 Å². The predicted octanol–water partition coefficient (Wildman–Crippen LogP) is 0.715. The lowest BCUT2D eigenvalue weighted by Crippen LogP contribution is -2.06. The first kappa shape index (κ1) is 9.73. The second-order valence-electron chi connectivity index (χ2n) is 2.87. The molecule has 0 saturated heterocycles. The van der Waals surface area contributed by atoms with E-state index in [2.05, 4.69) is 15.1 Å². The van der Waals surface area contributed by atoms with Crippen LogP contribution in [0.4, 0.5) is 11.8 Å². The highest BCUT2D eigenvalue weighted by Gasteiger charge is 2.28. The van der Waals surface area contributed by atoms with E-state index in [-0.39, 0.29) is 5.95 Å². The van der Waals surface area contributed by atoms with Crippen molar-refractivity contribution in [3.05, 3.63) is 11.8 Å². The Morgan fingerprint density at radius 1 is 1.60 bits per heavy atom. The van der Waals surface area contributed by atoms with Crippen molar-refractivity contribution in [1.29, 1.82) is 5.26 Å². The number of hydrogen-bond acceptors (Lipinski definition) is 7. The number of nitriles is 1. The van der Waals surface area contributed by atoms with E-state index in [0.29, 0.717) is 11.6 Å². The van der Waals surface area contributed by atoms with Crippen molar-refractivity contribution in [2.75, 3.05) is 16.5 Å². The molecule has 0 saturated carbocycles. The zero-order valence-electron chi connectivity index (χ0n) is 8.01. The molecule has 1 aromatic rings. The molecule has 0 aromatic carbocycles. The van der Waals surface area contributed by atoms with Gasteiger partial charge in [0, 0.05) is 11.8 Å². The lowest BCUT2D eigenvalue weighted by Gasteiger charge is -2.02. The minimum atomic E-state index is 0.233. The number of hydrogen-bond donors (Lipinski definition) is 1. The number of aromatic nitrogens is 2. The first-order valence-electron chi connectivity index (χ1n) is 4.20. The number of hydrazone groups is 1. The third kappa shape index (κ3) is 2.16. The van der Waals surface area contributed by atoms with E-state index in [9.17, 15) is 0 Å². The van der Waals surface area contributed by atoms with Gasteiger partial charge in [-0.25, -0.2) is 4.98 Å². The molecule has 1 aromatic heterocycles. The molecule has 7 heteroatoms. The van der Waals surface area contributed by atoms with Crippen molar-refractivity contribution in [3.8, 4) is 6.07 Å². The Hall–Kier alpha value is -1.81. The lowest BCUT2D eigenvalue weighted by molar-refractivity contribution is 1.09. The van der Waals surface area contributed by atoms with E-state index in [4.69, 9.17) is 11.0 Å². The normalized spacial score (nSPS) is 13.3. The van der Waals surface area contributed by atoms with Gasteiger partial charge in [-0.15, -0.1) is 5.10 Å². The maximum atomic E-state index is 8.40. The standard InChI is InChI=1S/C8H8N6S/c1-5-4-6(12-7(10)11-5)14-8(13-14)15-3-2-9/h4H,3H2,1H3,(H2,10,11,12). The molecule has 1 aliphatic heterocycles. The molecule has 0 aliphatic carbocycles. The van der Waals surface area contributed by atoms with Crippen molar-refractivity contribution in [2.24, 2.45) is 5.10 Å². The maximum absolute atomic E-state index is 8.40. The van der Waals surface area contributed by atoms with Crippen molar-refractivity contribution >= 4 is 28.7 Å². The Labute approximate surface area is 90.8 Å². The highest BCUT2D eigenvalue weighted by atomic mass is 32.2. The second-order valence-corrected chi connectivity index (χ2v) is 3.81. The number of amidine groups is 1. The highest BCUT2D eigenvalue weighted by molar-refractivity contribution is 8.14. The quantitative estimate of drug-likeness (QED) is 0.789. The van der Waals surface area contributed by atoms with Crippen LogP contribution in [0.2, 0.25) is 0 Å². The zero-order chi connectivity index (χ0) is 10.8. The summed E-state index contributed by atoms with van der Waals surface area (Å²) >= 11 is 1.37. The van der Waals surface area contributed by atoms with E-state index in [1.165, 1.54) is 11.8 Å². The van der Waals surface area contributed by atoms with Gasteiger partial charge in [-0.1, -0.05) is 11.8 Å². The molecule has 0 bridgehead atoms. The number of aryl methyl sites for hydroxylation is 1. The topological polar surface area (TPSA) is 91.0 Å². The number of nitrogen functional groups attached to an aromatic ring is 1. The average Bonchev–Trinajstić information content (AvgIpc) is 2.92. The third-order valence-corrected chi connectivity index (χ3v) is 2.45. The number of anilines is 2. The Balaban J connectivity index is 2.05. The van der Waals surface area contributed by atoms with Crippen LogP contribution in [-0.4, -0.2) is 20.9 Å². The maximum Gasteiger partial charge on any atom is 0.222 e. The minimum Gasteiger partial charge on any atom is -0.368 e. The number of thioether (sulfide) groups is 1. The van der Waals surface area contributed by atoms with Crippen LogP contribution >= 0.6 is 11.8 Å². The molecule has 76 valence electrons. The summed E-state index contributed by atoms with van der Waals surface area (Å²) < 4.78 is 0. The summed E-state index contributed by atoms with van der Waals surface area (Å²) in [6.45, 7) is 1.84. The van der Waals surface area contributed by atoms with Crippen molar-refractivity contribution in [2.45, 2.75) is 6.92 Å².